The number of aromatic nitrogens is 1. The normalized spacial score (nSPS) is 12.1. The van der Waals surface area contributed by atoms with Gasteiger partial charge in [0.15, 0.2) is 11.6 Å². The van der Waals surface area contributed by atoms with Gasteiger partial charge in [0.1, 0.15) is 0 Å². The molecule has 0 saturated heterocycles. The predicted octanol–water partition coefficient (Wildman–Crippen LogP) is 3.60. The number of hydrogen-bond acceptors (Lipinski definition) is 3. The number of nitrogens with zero attached hydrogens (tertiary/aromatic N) is 1. The van der Waals surface area contributed by atoms with Crippen molar-refractivity contribution in [2.75, 3.05) is 11.9 Å². The second kappa shape index (κ2) is 6.41. The third kappa shape index (κ3) is 5.33. The van der Waals surface area contributed by atoms with Crippen molar-refractivity contribution in [2.24, 2.45) is 5.41 Å². The minimum atomic E-state index is -0.608. The van der Waals surface area contributed by atoms with Gasteiger partial charge in [0.25, 0.3) is 5.91 Å². The van der Waals surface area contributed by atoms with Crippen molar-refractivity contribution in [1.29, 1.82) is 0 Å². The Morgan fingerprint density at radius 2 is 1.90 bits per heavy atom. The molecule has 1 aromatic heterocycles. The quantitative estimate of drug-likeness (QED) is 0.872. The summed E-state index contributed by atoms with van der Waals surface area (Å²) in [6, 6.07) is 1.40. The SMILES string of the molecule is CCNc1nccc(C(=O)NC(C)(C)CC(C)(C)C)c1F. The van der Waals surface area contributed by atoms with Crippen LogP contribution in [0.1, 0.15) is 58.3 Å². The fourth-order valence-electron chi connectivity index (χ4n) is 2.65. The van der Waals surface area contributed by atoms with Crippen LogP contribution in [0.4, 0.5) is 10.2 Å². The number of halogens is 1. The van der Waals surface area contributed by atoms with Gasteiger partial charge in [0.2, 0.25) is 0 Å². The largest absolute Gasteiger partial charge is 0.368 e. The first-order chi connectivity index (χ1) is 9.56. The zero-order chi connectivity index (χ0) is 16.3. The van der Waals surface area contributed by atoms with Crippen molar-refractivity contribution in [3.8, 4) is 0 Å². The van der Waals surface area contributed by atoms with Crippen molar-refractivity contribution in [3.63, 3.8) is 0 Å². The Kier molecular flexibility index (Phi) is 5.31. The van der Waals surface area contributed by atoms with Crippen molar-refractivity contribution >= 4 is 11.7 Å². The summed E-state index contributed by atoms with van der Waals surface area (Å²) in [6.07, 6.45) is 2.23. The van der Waals surface area contributed by atoms with Crippen LogP contribution in [0.3, 0.4) is 0 Å². The molecule has 0 bridgehead atoms. The topological polar surface area (TPSA) is 54.0 Å². The van der Waals surface area contributed by atoms with E-state index >= 15 is 0 Å². The Morgan fingerprint density at radius 1 is 1.29 bits per heavy atom. The molecular formula is C16H26FN3O. The highest BCUT2D eigenvalue weighted by Crippen LogP contribution is 2.27. The first-order valence-corrected chi connectivity index (χ1v) is 7.26. The summed E-state index contributed by atoms with van der Waals surface area (Å²) >= 11 is 0. The molecule has 2 N–H and O–H groups in total. The molecule has 0 unspecified atom stereocenters. The molecule has 0 spiro atoms. The van der Waals surface area contributed by atoms with Gasteiger partial charge in [0.05, 0.1) is 5.56 Å². The molecule has 0 fully saturated rings. The number of nitrogens with one attached hydrogen (secondary N) is 2. The predicted molar refractivity (Wildman–Crippen MR) is 84.0 cm³/mol. The van der Waals surface area contributed by atoms with E-state index in [2.05, 4.69) is 36.4 Å². The highest BCUT2D eigenvalue weighted by Gasteiger charge is 2.28. The molecule has 5 heteroatoms. The van der Waals surface area contributed by atoms with E-state index in [4.69, 9.17) is 0 Å². The standard InChI is InChI=1S/C16H26FN3O/c1-7-18-13-12(17)11(8-9-19-13)14(21)20-16(5,6)10-15(2,3)4/h8-9H,7,10H2,1-6H3,(H,18,19)(H,20,21). The summed E-state index contributed by atoms with van der Waals surface area (Å²) in [5.74, 6) is -0.912. The maximum Gasteiger partial charge on any atom is 0.254 e. The Bertz CT molecular complexity index is 507. The van der Waals surface area contributed by atoms with Gasteiger partial charge in [-0.1, -0.05) is 20.8 Å². The molecule has 4 nitrogen and oxygen atoms in total. The third-order valence-corrected chi connectivity index (χ3v) is 2.90. The lowest BCUT2D eigenvalue weighted by molar-refractivity contribution is 0.0887. The van der Waals surface area contributed by atoms with Crippen LogP contribution in [0.25, 0.3) is 0 Å². The van der Waals surface area contributed by atoms with E-state index in [0.717, 1.165) is 6.42 Å². The maximum absolute atomic E-state index is 14.2. The van der Waals surface area contributed by atoms with E-state index in [-0.39, 0.29) is 16.8 Å². The van der Waals surface area contributed by atoms with Crippen LogP contribution in [0.15, 0.2) is 12.3 Å². The fourth-order valence-corrected chi connectivity index (χ4v) is 2.65. The van der Waals surface area contributed by atoms with Crippen LogP contribution in [0.5, 0.6) is 0 Å². The number of hydrogen-bond donors (Lipinski definition) is 2. The van der Waals surface area contributed by atoms with E-state index in [1.807, 2.05) is 20.8 Å². The molecule has 1 heterocycles. The lowest BCUT2D eigenvalue weighted by Gasteiger charge is -2.33. The number of amides is 1. The lowest BCUT2D eigenvalue weighted by Crippen LogP contribution is -2.46. The molecule has 1 amide bonds. The van der Waals surface area contributed by atoms with Gasteiger partial charge in [-0.2, -0.15) is 0 Å². The van der Waals surface area contributed by atoms with E-state index in [0.29, 0.717) is 6.54 Å². The fraction of sp³-hybridized carbons (Fsp3) is 0.625. The second-order valence-corrected chi connectivity index (χ2v) is 7.13. The number of rotatable bonds is 5. The van der Waals surface area contributed by atoms with Crippen LogP contribution in [-0.2, 0) is 0 Å². The average Bonchev–Trinajstić information content (AvgIpc) is 2.27. The first-order valence-electron chi connectivity index (χ1n) is 7.26. The number of carbonyl (C=O) groups excluding carboxylic acids is 1. The molecule has 0 aliphatic rings. The van der Waals surface area contributed by atoms with Crippen LogP contribution < -0.4 is 10.6 Å². The van der Waals surface area contributed by atoms with Crippen molar-refractivity contribution < 1.29 is 9.18 Å². The van der Waals surface area contributed by atoms with Crippen molar-refractivity contribution in [3.05, 3.63) is 23.6 Å². The summed E-state index contributed by atoms with van der Waals surface area (Å²) in [5, 5.41) is 5.71. The van der Waals surface area contributed by atoms with Crippen LogP contribution in [-0.4, -0.2) is 23.0 Å². The second-order valence-electron chi connectivity index (χ2n) is 7.13. The lowest BCUT2D eigenvalue weighted by atomic mass is 9.81. The van der Waals surface area contributed by atoms with Crippen LogP contribution in [0.2, 0.25) is 0 Å². The molecule has 0 saturated carbocycles. The van der Waals surface area contributed by atoms with Gasteiger partial charge in [-0.3, -0.25) is 4.79 Å². The Labute approximate surface area is 126 Å². The van der Waals surface area contributed by atoms with E-state index in [1.54, 1.807) is 0 Å². The zero-order valence-electron chi connectivity index (χ0n) is 13.8. The highest BCUT2D eigenvalue weighted by molar-refractivity contribution is 5.95. The molecule has 0 radical (unpaired) electrons. The summed E-state index contributed by atoms with van der Waals surface area (Å²) in [4.78, 5) is 16.2. The molecule has 1 aromatic rings. The molecule has 118 valence electrons. The van der Waals surface area contributed by atoms with Crippen molar-refractivity contribution in [2.45, 2.75) is 53.5 Å². The van der Waals surface area contributed by atoms with Gasteiger partial charge in [0, 0.05) is 18.3 Å². The average molecular weight is 295 g/mol. The zero-order valence-corrected chi connectivity index (χ0v) is 13.8. The number of carbonyl (C=O) groups is 1. The first kappa shape index (κ1) is 17.4. The van der Waals surface area contributed by atoms with Gasteiger partial charge < -0.3 is 10.6 Å². The monoisotopic (exact) mass is 295 g/mol. The van der Waals surface area contributed by atoms with Crippen LogP contribution in [0, 0.1) is 11.2 Å². The number of pyridine rings is 1. The van der Waals surface area contributed by atoms with Crippen molar-refractivity contribution in [1.82, 2.24) is 10.3 Å². The molecule has 0 aliphatic carbocycles. The summed E-state index contributed by atoms with van der Waals surface area (Å²) in [7, 11) is 0. The Morgan fingerprint density at radius 3 is 2.43 bits per heavy atom. The van der Waals surface area contributed by atoms with E-state index < -0.39 is 17.3 Å². The molecule has 1 rings (SSSR count). The van der Waals surface area contributed by atoms with Gasteiger partial charge in [-0.25, -0.2) is 9.37 Å². The smallest absolute Gasteiger partial charge is 0.254 e. The maximum atomic E-state index is 14.2. The molecule has 21 heavy (non-hydrogen) atoms. The number of anilines is 1. The Balaban J connectivity index is 2.92. The van der Waals surface area contributed by atoms with Gasteiger partial charge in [-0.05, 0) is 38.7 Å². The van der Waals surface area contributed by atoms with Gasteiger partial charge >= 0.3 is 0 Å². The molecule has 0 atom stereocenters. The van der Waals surface area contributed by atoms with Gasteiger partial charge in [-0.15, -0.1) is 0 Å². The van der Waals surface area contributed by atoms with E-state index in [9.17, 15) is 9.18 Å². The Hall–Kier alpha value is -1.65. The highest BCUT2D eigenvalue weighted by atomic mass is 19.1. The minimum Gasteiger partial charge on any atom is -0.368 e. The molecule has 0 aromatic carbocycles. The van der Waals surface area contributed by atoms with E-state index in [1.165, 1.54) is 12.3 Å². The van der Waals surface area contributed by atoms with Crippen LogP contribution >= 0.6 is 0 Å². The summed E-state index contributed by atoms with van der Waals surface area (Å²) in [6.45, 7) is 12.6. The molecule has 0 aliphatic heterocycles. The summed E-state index contributed by atoms with van der Waals surface area (Å²) < 4.78 is 14.2. The third-order valence-electron chi connectivity index (χ3n) is 2.90. The summed E-state index contributed by atoms with van der Waals surface area (Å²) in [5.41, 5.74) is -0.325. The minimum absolute atomic E-state index is 0.0166. The molecular weight excluding hydrogens is 269 g/mol.